The predicted molar refractivity (Wildman–Crippen MR) is 151 cm³/mol. The molecule has 0 radical (unpaired) electrons. The number of carbonyl (C=O) groups excluding carboxylic acids is 2. The van der Waals surface area contributed by atoms with Gasteiger partial charge < -0.3 is 15.7 Å². The Bertz CT molecular complexity index is 1350. The van der Waals surface area contributed by atoms with Crippen LogP contribution in [0.3, 0.4) is 0 Å². The minimum Gasteiger partial charge on any atom is -0.390 e. The second kappa shape index (κ2) is 11.0. The smallest absolute Gasteiger partial charge is 0.251 e. The van der Waals surface area contributed by atoms with E-state index in [1.165, 1.54) is 0 Å². The topological polar surface area (TPSA) is 106 Å². The first-order valence-electron chi connectivity index (χ1n) is 13.8. The third-order valence-electron chi connectivity index (χ3n) is 8.15. The molecule has 1 fully saturated rings. The minimum absolute atomic E-state index is 0.0796. The van der Waals surface area contributed by atoms with Crippen molar-refractivity contribution in [2.24, 2.45) is 0 Å². The summed E-state index contributed by atoms with van der Waals surface area (Å²) in [5.74, 6) is -0.306. The van der Waals surface area contributed by atoms with E-state index in [4.69, 9.17) is 5.41 Å². The number of fused-ring (bicyclic) bond motifs is 1. The van der Waals surface area contributed by atoms with Crippen molar-refractivity contribution in [1.82, 2.24) is 15.5 Å². The number of aliphatic hydroxyl groups excluding tert-OH is 1. The fourth-order valence-electron chi connectivity index (χ4n) is 6.06. The molecule has 2 amide bonds. The summed E-state index contributed by atoms with van der Waals surface area (Å²) >= 11 is 0. The van der Waals surface area contributed by atoms with E-state index < -0.39 is 17.7 Å². The number of guanidine groups is 1. The lowest BCUT2D eigenvalue weighted by molar-refractivity contribution is -0.133. The molecule has 1 unspecified atom stereocenters. The molecule has 2 aliphatic rings. The molecule has 39 heavy (non-hydrogen) atoms. The number of rotatable bonds is 8. The van der Waals surface area contributed by atoms with E-state index in [-0.39, 0.29) is 30.2 Å². The van der Waals surface area contributed by atoms with Crippen molar-refractivity contribution in [1.29, 1.82) is 5.41 Å². The number of nitrogens with one attached hydrogen (secondary N) is 3. The highest BCUT2D eigenvalue weighted by Crippen LogP contribution is 2.37. The standard InChI is InChI=1S/C32H36N4O3/c1-3-11-26(36-28(38)20-32(4-2,35-31(36)33)24-15-6-5-7-16-24)22-13-10-14-23(18-22)30(39)34-29-25-17-9-8-12-21(25)19-27(29)37/h5-10,12-18,26-27,29,37H,3-4,11,19-20H2,1-2H3,(H2,33,35)(H,34,39)/t26?,27-,29-,32+/m1/s1. The Balaban J connectivity index is 1.39. The van der Waals surface area contributed by atoms with Gasteiger partial charge in [-0.2, -0.15) is 0 Å². The molecule has 4 atom stereocenters. The van der Waals surface area contributed by atoms with Gasteiger partial charge in [0.2, 0.25) is 5.91 Å². The largest absolute Gasteiger partial charge is 0.390 e. The van der Waals surface area contributed by atoms with Crippen LogP contribution in [0.5, 0.6) is 0 Å². The Kier molecular flexibility index (Phi) is 7.53. The zero-order chi connectivity index (χ0) is 27.6. The lowest BCUT2D eigenvalue weighted by Gasteiger charge is -2.45. The monoisotopic (exact) mass is 524 g/mol. The Morgan fingerprint density at radius 3 is 2.56 bits per heavy atom. The molecular formula is C32H36N4O3. The van der Waals surface area contributed by atoms with Crippen LogP contribution in [0.2, 0.25) is 0 Å². The summed E-state index contributed by atoms with van der Waals surface area (Å²) in [4.78, 5) is 28.5. The number of benzene rings is 3. The predicted octanol–water partition coefficient (Wildman–Crippen LogP) is 4.98. The summed E-state index contributed by atoms with van der Waals surface area (Å²) in [7, 11) is 0. The van der Waals surface area contributed by atoms with Crippen LogP contribution in [0.4, 0.5) is 0 Å². The van der Waals surface area contributed by atoms with E-state index in [2.05, 4.69) is 10.6 Å². The molecule has 3 aromatic carbocycles. The molecule has 1 saturated heterocycles. The van der Waals surface area contributed by atoms with Crippen LogP contribution >= 0.6 is 0 Å². The lowest BCUT2D eigenvalue weighted by Crippen LogP contribution is -2.61. The molecule has 1 heterocycles. The average Bonchev–Trinajstić information content (AvgIpc) is 3.27. The number of carbonyl (C=O) groups is 2. The van der Waals surface area contributed by atoms with Crippen LogP contribution in [0, 0.1) is 5.41 Å². The average molecular weight is 525 g/mol. The van der Waals surface area contributed by atoms with Crippen LogP contribution in [0.25, 0.3) is 0 Å². The number of nitrogens with zero attached hydrogens (tertiary/aromatic N) is 1. The van der Waals surface area contributed by atoms with E-state index in [0.29, 0.717) is 24.8 Å². The second-order valence-electron chi connectivity index (χ2n) is 10.6. The Labute approximate surface area is 229 Å². The highest BCUT2D eigenvalue weighted by atomic mass is 16.3. The zero-order valence-electron chi connectivity index (χ0n) is 22.5. The molecule has 4 N–H and O–H groups in total. The van der Waals surface area contributed by atoms with Gasteiger partial charge in [-0.1, -0.05) is 87.0 Å². The third-order valence-corrected chi connectivity index (χ3v) is 8.15. The van der Waals surface area contributed by atoms with E-state index in [1.807, 2.05) is 86.6 Å². The van der Waals surface area contributed by atoms with E-state index in [9.17, 15) is 14.7 Å². The van der Waals surface area contributed by atoms with Crippen molar-refractivity contribution in [3.8, 4) is 0 Å². The summed E-state index contributed by atoms with van der Waals surface area (Å²) in [6.07, 6.45) is 2.20. The van der Waals surface area contributed by atoms with Crippen molar-refractivity contribution in [2.75, 3.05) is 0 Å². The van der Waals surface area contributed by atoms with Gasteiger partial charge in [-0.05, 0) is 47.2 Å². The summed E-state index contributed by atoms with van der Waals surface area (Å²) < 4.78 is 0. The van der Waals surface area contributed by atoms with Crippen LogP contribution < -0.4 is 10.6 Å². The van der Waals surface area contributed by atoms with Crippen molar-refractivity contribution in [3.63, 3.8) is 0 Å². The Morgan fingerprint density at radius 2 is 1.85 bits per heavy atom. The van der Waals surface area contributed by atoms with Gasteiger partial charge in [0.05, 0.1) is 30.1 Å². The first-order chi connectivity index (χ1) is 18.9. The molecule has 0 saturated carbocycles. The van der Waals surface area contributed by atoms with Crippen LogP contribution in [0.1, 0.15) is 84.2 Å². The van der Waals surface area contributed by atoms with Crippen molar-refractivity contribution in [3.05, 3.63) is 107 Å². The van der Waals surface area contributed by atoms with E-state index in [1.54, 1.807) is 11.0 Å². The van der Waals surface area contributed by atoms with Gasteiger partial charge in [-0.3, -0.25) is 19.9 Å². The fourth-order valence-corrected chi connectivity index (χ4v) is 6.06. The molecule has 7 nitrogen and oxygen atoms in total. The molecule has 3 aromatic rings. The first kappa shape index (κ1) is 26.6. The Hall–Kier alpha value is -3.97. The van der Waals surface area contributed by atoms with Crippen molar-refractivity contribution < 1.29 is 14.7 Å². The molecule has 1 aliphatic carbocycles. The molecular weight excluding hydrogens is 488 g/mol. The van der Waals surface area contributed by atoms with Gasteiger partial charge in [0.15, 0.2) is 5.96 Å². The SMILES string of the molecule is CCCC(c1cccc(C(=O)N[C@@H]2c3ccccc3C[C@H]2O)c1)N1C(=N)N[C@](CC)(c2ccccc2)CC1=O. The van der Waals surface area contributed by atoms with Gasteiger partial charge in [-0.25, -0.2) is 0 Å². The summed E-state index contributed by atoms with van der Waals surface area (Å²) in [6, 6.07) is 24.1. The molecule has 1 aliphatic heterocycles. The number of aliphatic hydroxyl groups is 1. The molecule has 7 heteroatoms. The maximum atomic E-state index is 13.7. The summed E-state index contributed by atoms with van der Waals surface area (Å²) in [5.41, 5.74) is 3.62. The third kappa shape index (κ3) is 5.06. The fraction of sp³-hybridized carbons (Fsp3) is 0.344. The summed E-state index contributed by atoms with van der Waals surface area (Å²) in [6.45, 7) is 4.08. The normalized spacial score (nSPS) is 23.2. The minimum atomic E-state index is -0.677. The summed E-state index contributed by atoms with van der Waals surface area (Å²) in [5, 5.41) is 25.9. The molecule has 0 bridgehead atoms. The molecule has 5 rings (SSSR count). The highest BCUT2D eigenvalue weighted by Gasteiger charge is 2.44. The molecule has 202 valence electrons. The van der Waals surface area contributed by atoms with E-state index in [0.717, 1.165) is 28.7 Å². The van der Waals surface area contributed by atoms with Crippen LogP contribution in [-0.4, -0.2) is 33.9 Å². The van der Waals surface area contributed by atoms with Crippen LogP contribution in [-0.2, 0) is 16.8 Å². The lowest BCUT2D eigenvalue weighted by atomic mass is 9.81. The number of hydrogen-bond acceptors (Lipinski definition) is 4. The van der Waals surface area contributed by atoms with E-state index >= 15 is 0 Å². The van der Waals surface area contributed by atoms with Gasteiger partial charge in [0, 0.05) is 12.0 Å². The molecule has 0 aromatic heterocycles. The van der Waals surface area contributed by atoms with Gasteiger partial charge in [0.1, 0.15) is 0 Å². The quantitative estimate of drug-likeness (QED) is 0.334. The van der Waals surface area contributed by atoms with Gasteiger partial charge >= 0.3 is 0 Å². The van der Waals surface area contributed by atoms with Gasteiger partial charge in [0.25, 0.3) is 5.91 Å². The molecule has 0 spiro atoms. The Morgan fingerprint density at radius 1 is 1.10 bits per heavy atom. The number of amides is 2. The maximum Gasteiger partial charge on any atom is 0.251 e. The van der Waals surface area contributed by atoms with Crippen LogP contribution in [0.15, 0.2) is 78.9 Å². The zero-order valence-corrected chi connectivity index (χ0v) is 22.5. The van der Waals surface area contributed by atoms with Gasteiger partial charge in [-0.15, -0.1) is 0 Å². The first-order valence-corrected chi connectivity index (χ1v) is 13.8. The van der Waals surface area contributed by atoms with Crippen molar-refractivity contribution >= 4 is 17.8 Å². The highest BCUT2D eigenvalue weighted by molar-refractivity contribution is 6.00. The second-order valence-corrected chi connectivity index (χ2v) is 10.6. The maximum absolute atomic E-state index is 13.7. The number of hydrogen-bond donors (Lipinski definition) is 4. The van der Waals surface area contributed by atoms with Crippen molar-refractivity contribution in [2.45, 2.75) is 69.7 Å².